The molecule has 2 heterocycles. The number of alkyl halides is 3. The molecule has 178 valence electrons. The number of rotatable bonds is 8. The zero-order valence-corrected chi connectivity index (χ0v) is 19.1. The van der Waals surface area contributed by atoms with Gasteiger partial charge in [-0.25, -0.2) is 4.72 Å². The number of nitrogens with zero attached hydrogens (tertiary/aromatic N) is 3. The van der Waals surface area contributed by atoms with Crippen molar-refractivity contribution in [1.82, 2.24) is 23.8 Å². The van der Waals surface area contributed by atoms with E-state index in [-0.39, 0.29) is 6.54 Å². The molecule has 0 saturated heterocycles. The van der Waals surface area contributed by atoms with Crippen LogP contribution >= 0.6 is 0 Å². The summed E-state index contributed by atoms with van der Waals surface area (Å²) in [5.74, 6) is -0.445. The molecule has 8 nitrogen and oxygen atoms in total. The Labute approximate surface area is 189 Å². The molecule has 3 rings (SSSR count). The number of amides is 1. The Hall–Kier alpha value is -3.12. The number of hydrogen-bond donors (Lipinski definition) is 2. The van der Waals surface area contributed by atoms with Crippen molar-refractivity contribution in [3.05, 3.63) is 53.4 Å². The number of carbonyl (C=O) groups excluding carboxylic acids is 1. The minimum atomic E-state index is -4.50. The highest BCUT2D eigenvalue weighted by molar-refractivity contribution is 7.88. The predicted octanol–water partition coefficient (Wildman–Crippen LogP) is 3.46. The quantitative estimate of drug-likeness (QED) is 0.379. The van der Waals surface area contributed by atoms with E-state index >= 15 is 0 Å². The number of fused-ring (bicyclic) bond motifs is 1. The maximum Gasteiger partial charge on any atom is 0.416 e. The van der Waals surface area contributed by atoms with E-state index in [0.717, 1.165) is 24.6 Å². The molecule has 3 aromatic rings. The van der Waals surface area contributed by atoms with E-state index in [1.54, 1.807) is 30.8 Å². The van der Waals surface area contributed by atoms with Crippen LogP contribution in [0.3, 0.4) is 0 Å². The Morgan fingerprint density at radius 3 is 2.64 bits per heavy atom. The van der Waals surface area contributed by atoms with Crippen LogP contribution in [0.15, 0.2) is 36.5 Å². The van der Waals surface area contributed by atoms with E-state index in [9.17, 15) is 26.4 Å². The van der Waals surface area contributed by atoms with Crippen molar-refractivity contribution in [2.45, 2.75) is 32.9 Å². The highest BCUT2D eigenvalue weighted by atomic mass is 32.2. The Kier molecular flexibility index (Phi) is 6.98. The van der Waals surface area contributed by atoms with Crippen LogP contribution in [-0.2, 0) is 28.2 Å². The van der Waals surface area contributed by atoms with E-state index in [0.29, 0.717) is 34.4 Å². The summed E-state index contributed by atoms with van der Waals surface area (Å²) in [6.45, 7) is 3.79. The van der Waals surface area contributed by atoms with Gasteiger partial charge in [-0.2, -0.15) is 31.4 Å². The fourth-order valence-electron chi connectivity index (χ4n) is 3.38. The molecule has 0 unspecified atom stereocenters. The number of nitrogens with one attached hydrogen (secondary N) is 2. The zero-order valence-electron chi connectivity index (χ0n) is 18.3. The van der Waals surface area contributed by atoms with Crippen molar-refractivity contribution in [3.63, 3.8) is 0 Å². The molecule has 33 heavy (non-hydrogen) atoms. The molecule has 2 N–H and O–H groups in total. The summed E-state index contributed by atoms with van der Waals surface area (Å²) in [7, 11) is -2.37. The number of benzene rings is 1. The molecular weight excluding hydrogens is 459 g/mol. The van der Waals surface area contributed by atoms with Gasteiger partial charge in [0.2, 0.25) is 0 Å². The summed E-state index contributed by atoms with van der Waals surface area (Å²) in [5, 5.41) is 4.90. The number of aryl methyl sites for hydroxylation is 2. The van der Waals surface area contributed by atoms with Crippen LogP contribution in [0, 0.1) is 6.92 Å². The molecular formula is C21H24F3N5O3S. The Balaban J connectivity index is 1.94. The van der Waals surface area contributed by atoms with Gasteiger partial charge in [0.1, 0.15) is 5.82 Å². The summed E-state index contributed by atoms with van der Waals surface area (Å²) in [6.07, 6.45) is 0.958. The molecule has 0 fully saturated rings. The van der Waals surface area contributed by atoms with Gasteiger partial charge in [-0.05, 0) is 37.6 Å². The second kappa shape index (κ2) is 9.40. The topological polar surface area (TPSA) is 98.0 Å². The average Bonchev–Trinajstić information content (AvgIpc) is 3.24. The van der Waals surface area contributed by atoms with Crippen molar-refractivity contribution in [2.75, 3.05) is 6.54 Å². The SMILES string of the molecule is CCCCNS(=O)(=O)NC(=O)/C=C/c1c(C)nn(C)c1-n1ccc2ccc(C(F)(F)F)cc21. The lowest BCUT2D eigenvalue weighted by Gasteiger charge is -2.11. The van der Waals surface area contributed by atoms with Gasteiger partial charge in [-0.1, -0.05) is 19.4 Å². The molecule has 12 heteroatoms. The van der Waals surface area contributed by atoms with Gasteiger partial charge in [0.15, 0.2) is 0 Å². The number of carbonyl (C=O) groups is 1. The molecule has 0 aliphatic rings. The first-order chi connectivity index (χ1) is 15.4. The Bertz CT molecular complexity index is 1310. The molecule has 0 spiro atoms. The summed E-state index contributed by atoms with van der Waals surface area (Å²) in [5.41, 5.74) is 0.494. The lowest BCUT2D eigenvalue weighted by Crippen LogP contribution is -2.39. The smallest absolute Gasteiger partial charge is 0.301 e. The van der Waals surface area contributed by atoms with Crippen LogP contribution in [0.4, 0.5) is 13.2 Å². The van der Waals surface area contributed by atoms with Gasteiger partial charge >= 0.3 is 16.4 Å². The highest BCUT2D eigenvalue weighted by Crippen LogP contribution is 2.33. The normalized spacial score (nSPS) is 12.7. The van der Waals surface area contributed by atoms with Crippen LogP contribution in [0.5, 0.6) is 0 Å². The first kappa shape index (κ1) is 24.5. The van der Waals surface area contributed by atoms with E-state index < -0.39 is 27.9 Å². The van der Waals surface area contributed by atoms with Crippen LogP contribution < -0.4 is 9.44 Å². The van der Waals surface area contributed by atoms with Crippen LogP contribution in [-0.4, -0.2) is 35.2 Å². The first-order valence-electron chi connectivity index (χ1n) is 10.1. The molecule has 2 aromatic heterocycles. The van der Waals surface area contributed by atoms with Crippen molar-refractivity contribution >= 4 is 33.1 Å². The minimum absolute atomic E-state index is 0.204. The molecule has 0 radical (unpaired) electrons. The molecule has 0 aliphatic heterocycles. The largest absolute Gasteiger partial charge is 0.416 e. The third kappa shape index (κ3) is 5.63. The standard InChI is InChI=1S/C21H24F3N5O3S/c1-4-5-11-25-33(31,32)27-19(30)9-8-17-14(2)26-28(3)20(17)29-12-10-15-6-7-16(13-18(15)29)21(22,23)24/h6-10,12-13,25H,4-5,11H2,1-3H3,(H,27,30)/b9-8+. The summed E-state index contributed by atoms with van der Waals surface area (Å²) < 4.78 is 70.7. The summed E-state index contributed by atoms with van der Waals surface area (Å²) >= 11 is 0. The maximum absolute atomic E-state index is 13.2. The van der Waals surface area contributed by atoms with Crippen LogP contribution in [0.1, 0.15) is 36.6 Å². The lowest BCUT2D eigenvalue weighted by molar-refractivity contribution is -0.137. The fourth-order valence-corrected chi connectivity index (χ4v) is 4.20. The first-order valence-corrected chi connectivity index (χ1v) is 11.6. The number of halogens is 3. The maximum atomic E-state index is 13.2. The molecule has 0 aliphatic carbocycles. The van der Waals surface area contributed by atoms with Crippen LogP contribution in [0.25, 0.3) is 22.8 Å². The highest BCUT2D eigenvalue weighted by Gasteiger charge is 2.31. The van der Waals surface area contributed by atoms with E-state index in [1.807, 2.05) is 11.6 Å². The van der Waals surface area contributed by atoms with Gasteiger partial charge < -0.3 is 4.57 Å². The van der Waals surface area contributed by atoms with Crippen molar-refractivity contribution in [3.8, 4) is 5.82 Å². The zero-order chi connectivity index (χ0) is 24.4. The van der Waals surface area contributed by atoms with E-state index in [4.69, 9.17) is 0 Å². The second-order valence-electron chi connectivity index (χ2n) is 7.45. The number of aromatic nitrogens is 3. The van der Waals surface area contributed by atoms with Crippen molar-refractivity contribution in [1.29, 1.82) is 0 Å². The molecule has 1 amide bonds. The van der Waals surface area contributed by atoms with Crippen molar-refractivity contribution < 1.29 is 26.4 Å². The fraction of sp³-hybridized carbons (Fsp3) is 0.333. The third-order valence-corrected chi connectivity index (χ3v) is 6.00. The lowest BCUT2D eigenvalue weighted by atomic mass is 10.1. The number of hydrogen-bond acceptors (Lipinski definition) is 4. The minimum Gasteiger partial charge on any atom is -0.301 e. The Morgan fingerprint density at radius 1 is 1.24 bits per heavy atom. The molecule has 1 aromatic carbocycles. The van der Waals surface area contributed by atoms with Gasteiger partial charge in [-0.3, -0.25) is 9.48 Å². The summed E-state index contributed by atoms with van der Waals surface area (Å²) in [4.78, 5) is 12.2. The van der Waals surface area contributed by atoms with Gasteiger partial charge in [0.25, 0.3) is 5.91 Å². The Morgan fingerprint density at radius 2 is 1.97 bits per heavy atom. The summed E-state index contributed by atoms with van der Waals surface area (Å²) in [6, 6.07) is 5.12. The van der Waals surface area contributed by atoms with E-state index in [2.05, 4.69) is 9.82 Å². The number of unbranched alkanes of at least 4 members (excludes halogenated alkanes) is 1. The van der Waals surface area contributed by atoms with E-state index in [1.165, 1.54) is 16.8 Å². The van der Waals surface area contributed by atoms with Gasteiger partial charge in [0.05, 0.1) is 16.8 Å². The van der Waals surface area contributed by atoms with Crippen molar-refractivity contribution in [2.24, 2.45) is 7.05 Å². The van der Waals surface area contributed by atoms with Gasteiger partial charge in [-0.15, -0.1) is 0 Å². The third-order valence-electron chi connectivity index (χ3n) is 4.94. The second-order valence-corrected chi connectivity index (χ2v) is 8.95. The monoisotopic (exact) mass is 483 g/mol. The average molecular weight is 484 g/mol. The molecule has 0 saturated carbocycles. The molecule has 0 atom stereocenters. The molecule has 0 bridgehead atoms. The van der Waals surface area contributed by atoms with Crippen LogP contribution in [0.2, 0.25) is 0 Å². The predicted molar refractivity (Wildman–Crippen MR) is 119 cm³/mol. The van der Waals surface area contributed by atoms with Gasteiger partial charge in [0, 0.05) is 36.8 Å².